The Morgan fingerprint density at radius 3 is 2.42 bits per heavy atom. The Balaban J connectivity index is 0.000000412. The zero-order chi connectivity index (χ0) is 19.9. The molecule has 0 aliphatic heterocycles. The first-order valence-electron chi connectivity index (χ1n) is 7.63. The number of halogens is 3. The zero-order valence-corrected chi connectivity index (χ0v) is 14.6. The van der Waals surface area contributed by atoms with Gasteiger partial charge in [0.15, 0.2) is 0 Å². The number of carbonyl (C=O) groups is 1. The maximum Gasteiger partial charge on any atom is 0.490 e. The van der Waals surface area contributed by atoms with Crippen LogP contribution in [0.25, 0.3) is 11.0 Å². The lowest BCUT2D eigenvalue weighted by Gasteiger charge is -2.11. The number of benzene rings is 1. The second-order valence-electron chi connectivity index (χ2n) is 5.74. The van der Waals surface area contributed by atoms with Crippen molar-refractivity contribution in [1.29, 1.82) is 0 Å². The standard InChI is InChI=1S/C15H19NO3.C2HF3O2/c1-11-5-6-13-12(9-11)14(10-15(17)19-13)18-8-4-7-16(2)3;3-2(4,5)1(6)7/h5-6,9-10H,4,7-8H2,1-3H3;(H,6,7). The molecule has 2 rings (SSSR count). The maximum atomic E-state index is 11.5. The number of fused-ring (bicyclic) bond motifs is 1. The number of rotatable bonds is 5. The van der Waals surface area contributed by atoms with Gasteiger partial charge < -0.3 is 19.2 Å². The topological polar surface area (TPSA) is 80.0 Å². The molecule has 0 saturated heterocycles. The van der Waals surface area contributed by atoms with Gasteiger partial charge in [-0.05, 0) is 39.6 Å². The Morgan fingerprint density at radius 2 is 1.88 bits per heavy atom. The summed E-state index contributed by atoms with van der Waals surface area (Å²) in [5.74, 6) is -2.15. The summed E-state index contributed by atoms with van der Waals surface area (Å²) < 4.78 is 42.6. The molecule has 144 valence electrons. The second-order valence-corrected chi connectivity index (χ2v) is 5.74. The third-order valence-electron chi connectivity index (χ3n) is 3.11. The molecule has 0 saturated carbocycles. The lowest BCUT2D eigenvalue weighted by Crippen LogP contribution is -2.21. The number of hydrogen-bond acceptors (Lipinski definition) is 5. The minimum absolute atomic E-state index is 0.376. The van der Waals surface area contributed by atoms with Crippen molar-refractivity contribution in [1.82, 2.24) is 4.90 Å². The average Bonchev–Trinajstić information content (AvgIpc) is 2.51. The lowest BCUT2D eigenvalue weighted by atomic mass is 10.1. The number of nitrogens with zero attached hydrogens (tertiary/aromatic N) is 1. The van der Waals surface area contributed by atoms with Gasteiger partial charge in [0.1, 0.15) is 11.3 Å². The first kappa shape index (κ1) is 21.5. The summed E-state index contributed by atoms with van der Waals surface area (Å²) in [5.41, 5.74) is 1.30. The van der Waals surface area contributed by atoms with Crippen LogP contribution in [0.1, 0.15) is 12.0 Å². The zero-order valence-electron chi connectivity index (χ0n) is 14.6. The van der Waals surface area contributed by atoms with E-state index in [9.17, 15) is 18.0 Å². The molecular formula is C17H20F3NO5. The van der Waals surface area contributed by atoms with E-state index < -0.39 is 12.1 Å². The minimum atomic E-state index is -5.08. The van der Waals surface area contributed by atoms with Gasteiger partial charge >= 0.3 is 17.8 Å². The number of alkyl halides is 3. The number of hydrogen-bond donors (Lipinski definition) is 1. The number of aryl methyl sites for hydroxylation is 1. The number of carboxylic acids is 1. The van der Waals surface area contributed by atoms with Crippen LogP contribution in [0.3, 0.4) is 0 Å². The molecule has 1 aromatic carbocycles. The molecule has 0 radical (unpaired) electrons. The van der Waals surface area contributed by atoms with Gasteiger partial charge in [-0.1, -0.05) is 11.6 Å². The van der Waals surface area contributed by atoms with Crippen LogP contribution >= 0.6 is 0 Å². The van der Waals surface area contributed by atoms with Gasteiger partial charge in [0, 0.05) is 6.54 Å². The maximum absolute atomic E-state index is 11.5. The predicted octanol–water partition coefficient (Wildman–Crippen LogP) is 3.07. The van der Waals surface area contributed by atoms with Gasteiger partial charge in [-0.3, -0.25) is 0 Å². The molecule has 0 fully saturated rings. The van der Waals surface area contributed by atoms with Crippen LogP contribution in [-0.4, -0.2) is 49.4 Å². The fraction of sp³-hybridized carbons (Fsp3) is 0.412. The van der Waals surface area contributed by atoms with Crippen molar-refractivity contribution in [2.45, 2.75) is 19.5 Å². The van der Waals surface area contributed by atoms with Gasteiger partial charge in [0.25, 0.3) is 0 Å². The van der Waals surface area contributed by atoms with E-state index >= 15 is 0 Å². The summed E-state index contributed by atoms with van der Waals surface area (Å²) in [6.07, 6.45) is -4.17. The van der Waals surface area contributed by atoms with Gasteiger partial charge in [-0.2, -0.15) is 13.2 Å². The van der Waals surface area contributed by atoms with Crippen molar-refractivity contribution in [2.24, 2.45) is 0 Å². The second kappa shape index (κ2) is 9.23. The van der Waals surface area contributed by atoms with E-state index in [1.54, 1.807) is 6.07 Å². The average molecular weight is 375 g/mol. The summed E-state index contributed by atoms with van der Waals surface area (Å²) in [6, 6.07) is 7.11. The van der Waals surface area contributed by atoms with Crippen molar-refractivity contribution < 1.29 is 32.2 Å². The minimum Gasteiger partial charge on any atom is -0.492 e. The van der Waals surface area contributed by atoms with E-state index in [2.05, 4.69) is 4.90 Å². The van der Waals surface area contributed by atoms with Crippen LogP contribution in [0.5, 0.6) is 5.75 Å². The van der Waals surface area contributed by atoms with Gasteiger partial charge in [0.2, 0.25) is 0 Å². The quantitative estimate of drug-likeness (QED) is 0.639. The molecule has 26 heavy (non-hydrogen) atoms. The molecule has 6 nitrogen and oxygen atoms in total. The van der Waals surface area contributed by atoms with Crippen LogP contribution in [-0.2, 0) is 4.79 Å². The molecule has 1 N–H and O–H groups in total. The molecule has 1 aromatic heterocycles. The SMILES string of the molecule is Cc1ccc2oc(=O)cc(OCCCN(C)C)c2c1.O=C(O)C(F)(F)F. The highest BCUT2D eigenvalue weighted by Crippen LogP contribution is 2.24. The van der Waals surface area contributed by atoms with Crippen molar-refractivity contribution in [3.63, 3.8) is 0 Å². The van der Waals surface area contributed by atoms with E-state index in [-0.39, 0.29) is 5.63 Å². The third kappa shape index (κ3) is 7.14. The molecule has 0 aliphatic rings. The van der Waals surface area contributed by atoms with Crippen LogP contribution in [0, 0.1) is 6.92 Å². The molecule has 0 spiro atoms. The molecule has 9 heteroatoms. The van der Waals surface area contributed by atoms with Gasteiger partial charge in [0.05, 0.1) is 18.1 Å². The van der Waals surface area contributed by atoms with E-state index in [0.717, 1.165) is 23.9 Å². The Kier molecular flexibility index (Phi) is 7.63. The van der Waals surface area contributed by atoms with Crippen LogP contribution in [0.2, 0.25) is 0 Å². The molecular weight excluding hydrogens is 355 g/mol. The molecule has 0 bridgehead atoms. The van der Waals surface area contributed by atoms with E-state index in [1.807, 2.05) is 33.2 Å². The summed E-state index contributed by atoms with van der Waals surface area (Å²) in [7, 11) is 4.05. The van der Waals surface area contributed by atoms with E-state index in [1.165, 1.54) is 6.07 Å². The molecule has 2 aromatic rings. The fourth-order valence-electron chi connectivity index (χ4n) is 1.93. The number of ether oxygens (including phenoxy) is 1. The molecule has 0 atom stereocenters. The lowest BCUT2D eigenvalue weighted by molar-refractivity contribution is -0.192. The van der Waals surface area contributed by atoms with Gasteiger partial charge in [-0.15, -0.1) is 0 Å². The normalized spacial score (nSPS) is 11.2. The summed E-state index contributed by atoms with van der Waals surface area (Å²) >= 11 is 0. The van der Waals surface area contributed by atoms with Crippen LogP contribution in [0.15, 0.2) is 33.5 Å². The summed E-state index contributed by atoms with van der Waals surface area (Å²) in [6.45, 7) is 3.55. The smallest absolute Gasteiger partial charge is 0.490 e. The Labute approximate surface area is 147 Å². The van der Waals surface area contributed by atoms with E-state index in [4.69, 9.17) is 19.1 Å². The molecule has 0 unspecified atom stereocenters. The monoisotopic (exact) mass is 375 g/mol. The highest BCUT2D eigenvalue weighted by atomic mass is 19.4. The molecule has 0 amide bonds. The Bertz CT molecular complexity index is 799. The van der Waals surface area contributed by atoms with Crippen molar-refractivity contribution in [2.75, 3.05) is 27.2 Å². The summed E-state index contributed by atoms with van der Waals surface area (Å²) in [5, 5.41) is 7.98. The predicted molar refractivity (Wildman–Crippen MR) is 89.6 cm³/mol. The third-order valence-corrected chi connectivity index (χ3v) is 3.11. The van der Waals surface area contributed by atoms with Gasteiger partial charge in [-0.25, -0.2) is 9.59 Å². The van der Waals surface area contributed by atoms with Crippen molar-refractivity contribution in [3.8, 4) is 5.75 Å². The fourth-order valence-corrected chi connectivity index (χ4v) is 1.93. The number of aliphatic carboxylic acids is 1. The molecule has 1 heterocycles. The highest BCUT2D eigenvalue weighted by Gasteiger charge is 2.38. The highest BCUT2D eigenvalue weighted by molar-refractivity contribution is 5.83. The Hall–Kier alpha value is -2.55. The number of carboxylic acid groups (broad SMARTS) is 1. The first-order chi connectivity index (χ1) is 12.0. The largest absolute Gasteiger partial charge is 0.492 e. The summed E-state index contributed by atoms with van der Waals surface area (Å²) in [4.78, 5) is 22.5. The van der Waals surface area contributed by atoms with Crippen molar-refractivity contribution in [3.05, 3.63) is 40.2 Å². The van der Waals surface area contributed by atoms with Crippen LogP contribution < -0.4 is 10.4 Å². The van der Waals surface area contributed by atoms with Crippen LogP contribution in [0.4, 0.5) is 13.2 Å². The van der Waals surface area contributed by atoms with E-state index in [0.29, 0.717) is 17.9 Å². The first-order valence-corrected chi connectivity index (χ1v) is 7.63. The van der Waals surface area contributed by atoms with Crippen molar-refractivity contribution >= 4 is 16.9 Å². The Morgan fingerprint density at radius 1 is 1.27 bits per heavy atom. The molecule has 0 aliphatic carbocycles.